The van der Waals surface area contributed by atoms with Crippen molar-refractivity contribution in [1.82, 2.24) is 20.2 Å². The van der Waals surface area contributed by atoms with Crippen LogP contribution in [0, 0.1) is 0 Å². The van der Waals surface area contributed by atoms with Crippen LogP contribution in [0.3, 0.4) is 0 Å². The molecule has 1 atom stereocenters. The molecule has 5 heteroatoms. The highest BCUT2D eigenvalue weighted by Crippen LogP contribution is 2.32. The molecule has 4 aromatic rings. The molecule has 0 fully saturated rings. The molecule has 3 N–H and O–H groups in total. The fourth-order valence-corrected chi connectivity index (χ4v) is 3.41. The topological polar surface area (TPSA) is 80.5 Å². The second-order valence-corrected chi connectivity index (χ2v) is 6.87. The second-order valence-electron chi connectivity index (χ2n) is 6.87. The van der Waals surface area contributed by atoms with Crippen LogP contribution in [-0.2, 0) is 11.8 Å². The Morgan fingerprint density at radius 1 is 1.12 bits per heavy atom. The Kier molecular flexibility index (Phi) is 4.22. The lowest BCUT2D eigenvalue weighted by atomic mass is 9.77. The summed E-state index contributed by atoms with van der Waals surface area (Å²) in [5.41, 5.74) is 11.5. The van der Waals surface area contributed by atoms with Crippen molar-refractivity contribution in [3.63, 3.8) is 0 Å². The molecule has 0 saturated heterocycles. The Morgan fingerprint density at radius 3 is 2.85 bits per heavy atom. The Labute approximate surface area is 155 Å². The van der Waals surface area contributed by atoms with E-state index in [9.17, 15) is 0 Å². The number of benzene rings is 1. The molecule has 134 valence electrons. The molecule has 0 spiro atoms. The first-order valence-corrected chi connectivity index (χ1v) is 8.67. The van der Waals surface area contributed by atoms with Gasteiger partial charge in [-0.3, -0.25) is 10.1 Å². The minimum Gasteiger partial charge on any atom is -0.330 e. The quantitative estimate of drug-likeness (QED) is 0.572. The van der Waals surface area contributed by atoms with Crippen molar-refractivity contribution in [3.8, 4) is 11.1 Å². The third kappa shape index (κ3) is 2.97. The van der Waals surface area contributed by atoms with E-state index >= 15 is 0 Å². The largest absolute Gasteiger partial charge is 0.330 e. The number of aromatic amines is 1. The lowest BCUT2D eigenvalue weighted by Gasteiger charge is -2.29. The number of rotatable bonds is 5. The molecule has 0 amide bonds. The third-order valence-electron chi connectivity index (χ3n) is 4.99. The van der Waals surface area contributed by atoms with Crippen LogP contribution in [0.2, 0.25) is 0 Å². The zero-order valence-corrected chi connectivity index (χ0v) is 14.7. The van der Waals surface area contributed by atoms with Gasteiger partial charge in [0.05, 0.1) is 6.20 Å². The van der Waals surface area contributed by atoms with Gasteiger partial charge in [0, 0.05) is 38.8 Å². The maximum Gasteiger partial charge on any atom is 0.155 e. The molecule has 26 heavy (non-hydrogen) atoms. The zero-order valence-electron chi connectivity index (χ0n) is 14.7. The van der Waals surface area contributed by atoms with Crippen molar-refractivity contribution < 1.29 is 2.85 Å². The first-order valence-electron chi connectivity index (χ1n) is 8.67. The Balaban J connectivity index is 0.00000140. The number of H-pyrrole nitrogens is 1. The van der Waals surface area contributed by atoms with Crippen molar-refractivity contribution in [2.45, 2.75) is 18.8 Å². The minimum atomic E-state index is -0.165. The van der Waals surface area contributed by atoms with Gasteiger partial charge in [-0.2, -0.15) is 5.10 Å². The van der Waals surface area contributed by atoms with Crippen molar-refractivity contribution in [2.75, 3.05) is 6.54 Å². The van der Waals surface area contributed by atoms with Gasteiger partial charge in [0.1, 0.15) is 0 Å². The molecule has 3 heterocycles. The van der Waals surface area contributed by atoms with E-state index in [1.165, 1.54) is 11.1 Å². The van der Waals surface area contributed by atoms with Crippen molar-refractivity contribution in [1.29, 1.82) is 0 Å². The van der Waals surface area contributed by atoms with Gasteiger partial charge in [-0.05, 0) is 40.8 Å². The first-order chi connectivity index (χ1) is 12.7. The standard InChI is InChI=1S/C21H21N5.2H2/c1-21(14-22,11-15-4-3-8-23-12-15)17-6-2-5-16(10-17)18-7-9-24-20-19(18)13-25-26-20;;/h2-10,12-13H,11,14,22H2,1H3,(H,24,25,26);2*1H. The average Bonchev–Trinajstić information content (AvgIpc) is 3.17. The van der Waals surface area contributed by atoms with Gasteiger partial charge >= 0.3 is 0 Å². The fraction of sp³-hybridized carbons (Fsp3) is 0.190. The summed E-state index contributed by atoms with van der Waals surface area (Å²) in [4.78, 5) is 8.56. The molecule has 1 aromatic carbocycles. The van der Waals surface area contributed by atoms with Crippen molar-refractivity contribution in [2.24, 2.45) is 5.73 Å². The monoisotopic (exact) mass is 347 g/mol. The smallest absolute Gasteiger partial charge is 0.155 e. The molecule has 0 saturated carbocycles. The van der Waals surface area contributed by atoms with Crippen LogP contribution < -0.4 is 5.73 Å². The van der Waals surface area contributed by atoms with Gasteiger partial charge in [0.2, 0.25) is 0 Å². The summed E-state index contributed by atoms with van der Waals surface area (Å²) in [6.07, 6.45) is 8.18. The van der Waals surface area contributed by atoms with Crippen LogP contribution in [0.1, 0.15) is 20.9 Å². The lowest BCUT2D eigenvalue weighted by molar-refractivity contribution is 0.480. The Morgan fingerprint density at radius 2 is 2.04 bits per heavy atom. The van der Waals surface area contributed by atoms with Gasteiger partial charge in [-0.25, -0.2) is 4.98 Å². The summed E-state index contributed by atoms with van der Waals surface area (Å²) >= 11 is 0. The lowest BCUT2D eigenvalue weighted by Crippen LogP contribution is -2.34. The molecule has 0 aliphatic rings. The summed E-state index contributed by atoms with van der Waals surface area (Å²) in [5, 5.41) is 8.07. The highest BCUT2D eigenvalue weighted by molar-refractivity contribution is 5.92. The van der Waals surface area contributed by atoms with Crippen LogP contribution >= 0.6 is 0 Å². The molecule has 1 unspecified atom stereocenters. The first kappa shape index (κ1) is 16.4. The average molecular weight is 347 g/mol. The number of nitrogens with two attached hydrogens (primary N) is 1. The number of nitrogens with one attached hydrogen (secondary N) is 1. The van der Waals surface area contributed by atoms with E-state index in [0.29, 0.717) is 6.54 Å². The molecule has 4 rings (SSSR count). The number of pyridine rings is 2. The fourth-order valence-electron chi connectivity index (χ4n) is 3.41. The van der Waals surface area contributed by atoms with E-state index < -0.39 is 0 Å². The number of hydrogen-bond acceptors (Lipinski definition) is 4. The highest BCUT2D eigenvalue weighted by atomic mass is 15.1. The molecule has 5 nitrogen and oxygen atoms in total. The summed E-state index contributed by atoms with van der Waals surface area (Å²) in [6, 6.07) is 14.7. The van der Waals surface area contributed by atoms with E-state index in [1.807, 2.05) is 24.5 Å². The molecular weight excluding hydrogens is 322 g/mol. The number of nitrogens with zero attached hydrogens (tertiary/aromatic N) is 3. The van der Waals surface area contributed by atoms with Crippen LogP contribution in [0.5, 0.6) is 0 Å². The minimum absolute atomic E-state index is 0. The summed E-state index contributed by atoms with van der Waals surface area (Å²) in [7, 11) is 0. The maximum atomic E-state index is 6.20. The third-order valence-corrected chi connectivity index (χ3v) is 4.99. The molecule has 0 radical (unpaired) electrons. The van der Waals surface area contributed by atoms with Crippen molar-refractivity contribution in [3.05, 3.63) is 78.4 Å². The molecule has 0 bridgehead atoms. The highest BCUT2D eigenvalue weighted by Gasteiger charge is 2.26. The van der Waals surface area contributed by atoms with Crippen LogP contribution in [0.25, 0.3) is 22.2 Å². The van der Waals surface area contributed by atoms with E-state index in [4.69, 9.17) is 5.73 Å². The van der Waals surface area contributed by atoms with E-state index in [2.05, 4.69) is 57.4 Å². The second kappa shape index (κ2) is 6.69. The van der Waals surface area contributed by atoms with E-state index in [0.717, 1.165) is 28.6 Å². The number of hydrogen-bond donors (Lipinski definition) is 2. The normalized spacial score (nSPS) is 13.6. The predicted octanol–water partition coefficient (Wildman–Crippen LogP) is 3.97. The van der Waals surface area contributed by atoms with Crippen molar-refractivity contribution >= 4 is 11.0 Å². The van der Waals surface area contributed by atoms with Crippen LogP contribution in [0.4, 0.5) is 0 Å². The molecule has 0 aliphatic heterocycles. The van der Waals surface area contributed by atoms with Gasteiger partial charge in [-0.1, -0.05) is 37.3 Å². The number of aromatic nitrogens is 4. The van der Waals surface area contributed by atoms with E-state index in [1.54, 1.807) is 12.4 Å². The SMILES string of the molecule is CC(CN)(Cc1cccnc1)c1cccc(-c2ccnc3[nH]ncc23)c1.[HH].[HH]. The molecular formula is C21H25N5. The Bertz CT molecular complexity index is 1040. The van der Waals surface area contributed by atoms with Gasteiger partial charge in [0.25, 0.3) is 0 Å². The summed E-state index contributed by atoms with van der Waals surface area (Å²) in [5.74, 6) is 0. The molecule has 3 aromatic heterocycles. The summed E-state index contributed by atoms with van der Waals surface area (Å²) in [6.45, 7) is 2.77. The van der Waals surface area contributed by atoms with E-state index in [-0.39, 0.29) is 8.27 Å². The van der Waals surface area contributed by atoms with Crippen LogP contribution in [0.15, 0.2) is 67.3 Å². The maximum absolute atomic E-state index is 6.20. The van der Waals surface area contributed by atoms with Gasteiger partial charge in [0.15, 0.2) is 5.65 Å². The molecule has 0 aliphatic carbocycles. The van der Waals surface area contributed by atoms with Gasteiger partial charge < -0.3 is 5.73 Å². The predicted molar refractivity (Wildman–Crippen MR) is 108 cm³/mol. The van der Waals surface area contributed by atoms with Gasteiger partial charge in [-0.15, -0.1) is 0 Å². The summed E-state index contributed by atoms with van der Waals surface area (Å²) < 4.78 is 0. The Hall–Kier alpha value is -3.05. The van der Waals surface area contributed by atoms with Crippen LogP contribution in [-0.4, -0.2) is 26.7 Å². The number of fused-ring (bicyclic) bond motifs is 1. The zero-order chi connectivity index (χ0) is 18.0.